The van der Waals surface area contributed by atoms with Gasteiger partial charge in [0.15, 0.2) is 0 Å². The minimum absolute atomic E-state index is 0.710. The first-order valence-electron chi connectivity index (χ1n) is 6.28. The second-order valence-electron chi connectivity index (χ2n) is 4.98. The molecule has 0 spiro atoms. The summed E-state index contributed by atoms with van der Waals surface area (Å²) in [5, 5.41) is 0.767. The number of fused-ring (bicyclic) bond motifs is 1. The molecule has 3 nitrogen and oxygen atoms in total. The van der Waals surface area contributed by atoms with Crippen molar-refractivity contribution in [1.29, 1.82) is 0 Å². The third-order valence-corrected chi connectivity index (χ3v) is 4.16. The van der Waals surface area contributed by atoms with E-state index in [4.69, 9.17) is 17.3 Å². The normalized spacial score (nSPS) is 25.0. The Labute approximate surface area is 107 Å². The monoisotopic (exact) mass is 251 g/mol. The molecule has 3 rings (SSSR count). The number of rotatable bonds is 1. The molecule has 92 valence electrons. The van der Waals surface area contributed by atoms with Gasteiger partial charge in [0.2, 0.25) is 0 Å². The molecule has 2 saturated heterocycles. The third kappa shape index (κ3) is 2.09. The van der Waals surface area contributed by atoms with Gasteiger partial charge in [-0.05, 0) is 37.6 Å². The molecule has 0 aliphatic carbocycles. The minimum atomic E-state index is 0.710. The van der Waals surface area contributed by atoms with Crippen LogP contribution in [0.5, 0.6) is 0 Å². The van der Waals surface area contributed by atoms with Crippen LogP contribution in [0.2, 0.25) is 5.02 Å². The van der Waals surface area contributed by atoms with Gasteiger partial charge in [0, 0.05) is 30.7 Å². The van der Waals surface area contributed by atoms with Gasteiger partial charge in [0.25, 0.3) is 0 Å². The zero-order valence-corrected chi connectivity index (χ0v) is 10.7. The van der Waals surface area contributed by atoms with Crippen LogP contribution >= 0.6 is 11.6 Å². The molecule has 1 atom stereocenters. The summed E-state index contributed by atoms with van der Waals surface area (Å²) >= 11 is 6.05. The Morgan fingerprint density at radius 3 is 3.00 bits per heavy atom. The topological polar surface area (TPSA) is 32.5 Å². The Bertz CT molecular complexity index is 421. The third-order valence-electron chi connectivity index (χ3n) is 3.92. The molecule has 1 aromatic carbocycles. The van der Waals surface area contributed by atoms with E-state index in [0.29, 0.717) is 6.04 Å². The standard InChI is InChI=1S/C13H18ClN3/c14-10-3-4-12(15)13(8-10)17-7-6-16-5-1-2-11(16)9-17/h3-4,8,11H,1-2,5-7,9,15H2. The first kappa shape index (κ1) is 11.2. The van der Waals surface area contributed by atoms with E-state index in [1.807, 2.05) is 18.2 Å². The zero-order valence-electron chi connectivity index (χ0n) is 9.90. The van der Waals surface area contributed by atoms with Crippen LogP contribution < -0.4 is 10.6 Å². The van der Waals surface area contributed by atoms with Crippen molar-refractivity contribution in [2.45, 2.75) is 18.9 Å². The summed E-state index contributed by atoms with van der Waals surface area (Å²) in [6.45, 7) is 4.56. The van der Waals surface area contributed by atoms with Gasteiger partial charge in [-0.25, -0.2) is 0 Å². The summed E-state index contributed by atoms with van der Waals surface area (Å²) in [4.78, 5) is 4.98. The van der Waals surface area contributed by atoms with Gasteiger partial charge in [-0.1, -0.05) is 11.6 Å². The highest BCUT2D eigenvalue weighted by atomic mass is 35.5. The first-order chi connectivity index (χ1) is 8.24. The molecule has 0 radical (unpaired) electrons. The van der Waals surface area contributed by atoms with E-state index in [1.165, 1.54) is 19.4 Å². The summed E-state index contributed by atoms with van der Waals surface area (Å²) in [7, 11) is 0. The lowest BCUT2D eigenvalue weighted by molar-refractivity contribution is 0.231. The lowest BCUT2D eigenvalue weighted by atomic mass is 10.1. The van der Waals surface area contributed by atoms with Crippen LogP contribution in [0.4, 0.5) is 11.4 Å². The predicted octanol–water partition coefficient (Wildman–Crippen LogP) is 2.21. The molecule has 17 heavy (non-hydrogen) atoms. The van der Waals surface area contributed by atoms with E-state index in [0.717, 1.165) is 36.0 Å². The van der Waals surface area contributed by atoms with Crippen LogP contribution in [0.25, 0.3) is 0 Å². The van der Waals surface area contributed by atoms with Crippen LogP contribution in [0.15, 0.2) is 18.2 Å². The van der Waals surface area contributed by atoms with Gasteiger partial charge in [0.1, 0.15) is 0 Å². The number of benzene rings is 1. The molecule has 0 bridgehead atoms. The Kier molecular flexibility index (Phi) is 2.89. The number of hydrogen-bond donors (Lipinski definition) is 1. The quantitative estimate of drug-likeness (QED) is 0.777. The van der Waals surface area contributed by atoms with Crippen molar-refractivity contribution < 1.29 is 0 Å². The highest BCUT2D eigenvalue weighted by Crippen LogP contribution is 2.31. The molecule has 1 unspecified atom stereocenters. The van der Waals surface area contributed by atoms with Crippen molar-refractivity contribution in [3.63, 3.8) is 0 Å². The first-order valence-corrected chi connectivity index (χ1v) is 6.66. The van der Waals surface area contributed by atoms with Gasteiger partial charge >= 0.3 is 0 Å². The van der Waals surface area contributed by atoms with Crippen molar-refractivity contribution in [2.24, 2.45) is 0 Å². The van der Waals surface area contributed by atoms with Crippen LogP contribution in [-0.2, 0) is 0 Å². The fourth-order valence-electron chi connectivity index (χ4n) is 3.00. The predicted molar refractivity (Wildman–Crippen MR) is 72.7 cm³/mol. The molecule has 4 heteroatoms. The van der Waals surface area contributed by atoms with Gasteiger partial charge in [-0.3, -0.25) is 4.90 Å². The molecule has 2 N–H and O–H groups in total. The van der Waals surface area contributed by atoms with Crippen molar-refractivity contribution in [1.82, 2.24) is 4.90 Å². The lowest BCUT2D eigenvalue weighted by Crippen LogP contribution is -2.50. The van der Waals surface area contributed by atoms with Crippen molar-refractivity contribution in [3.8, 4) is 0 Å². The van der Waals surface area contributed by atoms with Crippen molar-refractivity contribution in [3.05, 3.63) is 23.2 Å². The summed E-state index contributed by atoms with van der Waals surface area (Å²) in [6.07, 6.45) is 2.65. The summed E-state index contributed by atoms with van der Waals surface area (Å²) in [5.41, 5.74) is 7.98. The zero-order chi connectivity index (χ0) is 11.8. The molecule has 0 amide bonds. The number of hydrogen-bond acceptors (Lipinski definition) is 3. The Balaban J connectivity index is 1.82. The molecule has 0 saturated carbocycles. The molecular formula is C13H18ClN3. The van der Waals surface area contributed by atoms with Gasteiger partial charge < -0.3 is 10.6 Å². The summed E-state index contributed by atoms with van der Waals surface area (Å²) in [5.74, 6) is 0. The average molecular weight is 252 g/mol. The maximum absolute atomic E-state index is 6.05. The summed E-state index contributed by atoms with van der Waals surface area (Å²) < 4.78 is 0. The number of halogens is 1. The molecular weight excluding hydrogens is 234 g/mol. The van der Waals surface area contributed by atoms with E-state index in [1.54, 1.807) is 0 Å². The maximum atomic E-state index is 6.05. The Hall–Kier alpha value is -0.930. The minimum Gasteiger partial charge on any atom is -0.397 e. The fraction of sp³-hybridized carbons (Fsp3) is 0.538. The van der Waals surface area contributed by atoms with Gasteiger partial charge in [-0.15, -0.1) is 0 Å². The van der Waals surface area contributed by atoms with E-state index < -0.39 is 0 Å². The number of piperazine rings is 1. The van der Waals surface area contributed by atoms with Crippen LogP contribution in [0, 0.1) is 0 Å². The SMILES string of the molecule is Nc1ccc(Cl)cc1N1CCN2CCCC2C1. The van der Waals surface area contributed by atoms with E-state index in [2.05, 4.69) is 9.80 Å². The average Bonchev–Trinajstić information content (AvgIpc) is 2.79. The molecule has 2 aliphatic heterocycles. The molecule has 2 aliphatic rings. The van der Waals surface area contributed by atoms with Crippen LogP contribution in [-0.4, -0.2) is 37.1 Å². The van der Waals surface area contributed by atoms with Gasteiger partial charge in [0.05, 0.1) is 11.4 Å². The smallest absolute Gasteiger partial charge is 0.0615 e. The Morgan fingerprint density at radius 1 is 1.24 bits per heavy atom. The van der Waals surface area contributed by atoms with Gasteiger partial charge in [-0.2, -0.15) is 0 Å². The highest BCUT2D eigenvalue weighted by molar-refractivity contribution is 6.31. The molecule has 1 aromatic rings. The van der Waals surface area contributed by atoms with Crippen molar-refractivity contribution in [2.75, 3.05) is 36.8 Å². The number of nitrogens with two attached hydrogens (primary N) is 1. The highest BCUT2D eigenvalue weighted by Gasteiger charge is 2.31. The number of nitrogens with zero attached hydrogens (tertiary/aromatic N) is 2. The maximum Gasteiger partial charge on any atom is 0.0615 e. The number of nitrogen functional groups attached to an aromatic ring is 1. The second-order valence-corrected chi connectivity index (χ2v) is 5.42. The lowest BCUT2D eigenvalue weighted by Gasteiger charge is -2.39. The van der Waals surface area contributed by atoms with Crippen molar-refractivity contribution >= 4 is 23.0 Å². The molecule has 2 fully saturated rings. The molecule has 2 heterocycles. The number of anilines is 2. The van der Waals surface area contributed by atoms with E-state index >= 15 is 0 Å². The Morgan fingerprint density at radius 2 is 2.12 bits per heavy atom. The fourth-order valence-corrected chi connectivity index (χ4v) is 3.17. The van der Waals surface area contributed by atoms with Crippen LogP contribution in [0.3, 0.4) is 0 Å². The van der Waals surface area contributed by atoms with Crippen LogP contribution in [0.1, 0.15) is 12.8 Å². The second kappa shape index (κ2) is 4.39. The van der Waals surface area contributed by atoms with E-state index in [9.17, 15) is 0 Å². The van der Waals surface area contributed by atoms with E-state index in [-0.39, 0.29) is 0 Å². The molecule has 0 aromatic heterocycles. The summed E-state index contributed by atoms with van der Waals surface area (Å²) in [6, 6.07) is 6.45. The largest absolute Gasteiger partial charge is 0.397 e.